The van der Waals surface area contributed by atoms with E-state index in [1.165, 1.54) is 89.9 Å². The fraction of sp³-hybridized carbons (Fsp3) is 0.789. The van der Waals surface area contributed by atoms with Gasteiger partial charge in [0, 0.05) is 12.8 Å². The summed E-state index contributed by atoms with van der Waals surface area (Å²) >= 11 is 0. The molecule has 0 aliphatic rings. The molecule has 0 amide bonds. The van der Waals surface area contributed by atoms with E-state index in [1.807, 2.05) is 0 Å². The summed E-state index contributed by atoms with van der Waals surface area (Å²) in [4.78, 5) is 23.1. The molecule has 4 nitrogen and oxygen atoms in total. The number of carbonyl (C=O) groups is 2. The van der Waals surface area contributed by atoms with Gasteiger partial charge >= 0.3 is 11.9 Å². The Morgan fingerprint density at radius 3 is 1.60 bits per heavy atom. The molecule has 0 spiro atoms. The van der Waals surface area contributed by atoms with Crippen molar-refractivity contribution in [3.05, 3.63) is 36.5 Å². The van der Waals surface area contributed by atoms with Crippen LogP contribution in [0.3, 0.4) is 0 Å². The second-order valence-corrected chi connectivity index (χ2v) is 12.0. The van der Waals surface area contributed by atoms with Crippen LogP contribution in [0.1, 0.15) is 187 Å². The molecular formula is C38H68O4. The lowest BCUT2D eigenvalue weighted by Gasteiger charge is -2.15. The minimum Gasteiger partial charge on any atom is -0.481 e. The summed E-state index contributed by atoms with van der Waals surface area (Å²) in [5.74, 6) is -0.800. The van der Waals surface area contributed by atoms with Crippen LogP contribution in [0.5, 0.6) is 0 Å². The van der Waals surface area contributed by atoms with E-state index in [2.05, 4.69) is 50.3 Å². The number of carboxylic acid groups (broad SMARTS) is 1. The fourth-order valence-electron chi connectivity index (χ4n) is 5.11. The van der Waals surface area contributed by atoms with Gasteiger partial charge < -0.3 is 9.84 Å². The number of aliphatic carboxylic acids is 1. The number of rotatable bonds is 32. The van der Waals surface area contributed by atoms with Gasteiger partial charge in [0.1, 0.15) is 6.10 Å². The predicted molar refractivity (Wildman–Crippen MR) is 181 cm³/mol. The highest BCUT2D eigenvalue weighted by atomic mass is 16.5. The van der Waals surface area contributed by atoms with Crippen molar-refractivity contribution in [3.63, 3.8) is 0 Å². The average Bonchev–Trinajstić information content (AvgIpc) is 2.97. The standard InChI is InChI=1S/C38H68O4/c1-3-5-7-9-10-11-12-13-14-15-16-17-18-19-20-21-22-23-24-25-31-35-38(41)42-36(32-28-8-6-4-2)33-29-26-27-30-34-37(39)40/h12-13,15-16,28,32,36H,3-11,14,17-27,29-31,33-35H2,1-2H3,(H,39,40)/b13-12-,16-15-,32-28-. The Kier molecular flexibility index (Phi) is 32.2. The van der Waals surface area contributed by atoms with Crippen molar-refractivity contribution in [1.29, 1.82) is 0 Å². The van der Waals surface area contributed by atoms with Gasteiger partial charge in [0.15, 0.2) is 0 Å². The van der Waals surface area contributed by atoms with Gasteiger partial charge in [-0.2, -0.15) is 0 Å². The third-order valence-corrected chi connectivity index (χ3v) is 7.82. The van der Waals surface area contributed by atoms with Gasteiger partial charge in [-0.25, -0.2) is 0 Å². The van der Waals surface area contributed by atoms with E-state index in [4.69, 9.17) is 9.84 Å². The third-order valence-electron chi connectivity index (χ3n) is 7.82. The van der Waals surface area contributed by atoms with Crippen molar-refractivity contribution in [2.45, 2.75) is 193 Å². The number of unbranched alkanes of at least 4 members (excludes halogenated alkanes) is 19. The van der Waals surface area contributed by atoms with E-state index in [1.54, 1.807) is 0 Å². The molecular weight excluding hydrogens is 520 g/mol. The molecule has 42 heavy (non-hydrogen) atoms. The zero-order valence-corrected chi connectivity index (χ0v) is 27.8. The summed E-state index contributed by atoms with van der Waals surface area (Å²) in [6.45, 7) is 4.45. The topological polar surface area (TPSA) is 63.6 Å². The molecule has 1 unspecified atom stereocenters. The van der Waals surface area contributed by atoms with Crippen LogP contribution in [-0.2, 0) is 14.3 Å². The number of hydrogen-bond acceptors (Lipinski definition) is 3. The molecule has 0 aromatic rings. The summed E-state index contributed by atoms with van der Waals surface area (Å²) in [6.07, 6.45) is 43.4. The van der Waals surface area contributed by atoms with Crippen LogP contribution in [0.4, 0.5) is 0 Å². The van der Waals surface area contributed by atoms with Crippen molar-refractivity contribution in [1.82, 2.24) is 0 Å². The summed E-state index contributed by atoms with van der Waals surface area (Å²) in [6, 6.07) is 0. The molecule has 0 radical (unpaired) electrons. The van der Waals surface area contributed by atoms with Gasteiger partial charge in [-0.15, -0.1) is 0 Å². The Morgan fingerprint density at radius 1 is 0.548 bits per heavy atom. The molecule has 0 fully saturated rings. The van der Waals surface area contributed by atoms with Crippen LogP contribution in [0.2, 0.25) is 0 Å². The SMILES string of the molecule is CCCC/C=C\C(CCCCCCC(=O)O)OC(=O)CCCCCCCCCCC/C=C\C/C=C\CCCCCCC. The van der Waals surface area contributed by atoms with Crippen molar-refractivity contribution in [2.75, 3.05) is 0 Å². The first-order valence-corrected chi connectivity index (χ1v) is 18.0. The second-order valence-electron chi connectivity index (χ2n) is 12.0. The van der Waals surface area contributed by atoms with Gasteiger partial charge in [-0.3, -0.25) is 9.59 Å². The molecule has 0 aliphatic carbocycles. The second kappa shape index (κ2) is 33.7. The molecule has 0 aromatic carbocycles. The first-order valence-electron chi connectivity index (χ1n) is 18.0. The van der Waals surface area contributed by atoms with Crippen molar-refractivity contribution in [2.24, 2.45) is 0 Å². The minimum atomic E-state index is -0.725. The van der Waals surface area contributed by atoms with E-state index in [0.29, 0.717) is 6.42 Å². The molecule has 0 heterocycles. The monoisotopic (exact) mass is 589 g/mol. The number of carbonyl (C=O) groups excluding carboxylic acids is 1. The highest BCUT2D eigenvalue weighted by Crippen LogP contribution is 2.15. The molecule has 0 aliphatic heterocycles. The largest absolute Gasteiger partial charge is 0.481 e. The Labute approximate surface area is 260 Å². The molecule has 1 N–H and O–H groups in total. The van der Waals surface area contributed by atoms with E-state index in [9.17, 15) is 9.59 Å². The number of hydrogen-bond donors (Lipinski definition) is 1. The third kappa shape index (κ3) is 32.7. The smallest absolute Gasteiger partial charge is 0.306 e. The molecule has 244 valence electrons. The summed E-state index contributed by atoms with van der Waals surface area (Å²) in [5, 5.41) is 8.76. The number of carboxylic acids is 1. The first kappa shape index (κ1) is 40.2. The van der Waals surface area contributed by atoms with Crippen LogP contribution in [0.25, 0.3) is 0 Å². The Balaban J connectivity index is 3.72. The van der Waals surface area contributed by atoms with Gasteiger partial charge in [-0.1, -0.05) is 141 Å². The normalized spacial score (nSPS) is 12.6. The Hall–Kier alpha value is -1.84. The zero-order valence-electron chi connectivity index (χ0n) is 27.8. The van der Waals surface area contributed by atoms with E-state index >= 15 is 0 Å². The summed E-state index contributed by atoms with van der Waals surface area (Å²) < 4.78 is 5.79. The van der Waals surface area contributed by atoms with Crippen LogP contribution in [-0.4, -0.2) is 23.1 Å². The molecule has 0 saturated carbocycles. The molecule has 1 atom stereocenters. The lowest BCUT2D eigenvalue weighted by molar-refractivity contribution is -0.147. The Morgan fingerprint density at radius 2 is 1.02 bits per heavy atom. The minimum absolute atomic E-state index is 0.0751. The van der Waals surface area contributed by atoms with Crippen LogP contribution >= 0.6 is 0 Å². The van der Waals surface area contributed by atoms with Crippen molar-refractivity contribution >= 4 is 11.9 Å². The predicted octanol–water partition coefficient (Wildman–Crippen LogP) is 12.2. The van der Waals surface area contributed by atoms with E-state index in [-0.39, 0.29) is 18.5 Å². The van der Waals surface area contributed by atoms with E-state index in [0.717, 1.165) is 70.6 Å². The number of esters is 1. The summed E-state index contributed by atoms with van der Waals surface area (Å²) in [7, 11) is 0. The van der Waals surface area contributed by atoms with Crippen LogP contribution in [0.15, 0.2) is 36.5 Å². The highest BCUT2D eigenvalue weighted by molar-refractivity contribution is 5.69. The van der Waals surface area contributed by atoms with Gasteiger partial charge in [0.05, 0.1) is 0 Å². The molecule has 0 saturated heterocycles. The maximum atomic E-state index is 12.4. The van der Waals surface area contributed by atoms with Crippen molar-refractivity contribution < 1.29 is 19.4 Å². The van der Waals surface area contributed by atoms with Crippen LogP contribution < -0.4 is 0 Å². The Bertz CT molecular complexity index is 679. The highest BCUT2D eigenvalue weighted by Gasteiger charge is 2.11. The molecule has 0 rings (SSSR count). The fourth-order valence-corrected chi connectivity index (χ4v) is 5.11. The average molecular weight is 589 g/mol. The van der Waals surface area contributed by atoms with Gasteiger partial charge in [0.25, 0.3) is 0 Å². The van der Waals surface area contributed by atoms with Crippen LogP contribution in [0, 0.1) is 0 Å². The maximum Gasteiger partial charge on any atom is 0.306 e. The van der Waals surface area contributed by atoms with Gasteiger partial charge in [0.2, 0.25) is 0 Å². The molecule has 0 aromatic heterocycles. The van der Waals surface area contributed by atoms with Crippen molar-refractivity contribution in [3.8, 4) is 0 Å². The van der Waals surface area contributed by atoms with E-state index < -0.39 is 5.97 Å². The lowest BCUT2D eigenvalue weighted by atomic mass is 10.1. The molecule has 0 bridgehead atoms. The maximum absolute atomic E-state index is 12.4. The number of ether oxygens (including phenoxy) is 1. The first-order chi connectivity index (χ1) is 20.6. The molecule has 4 heteroatoms. The lowest BCUT2D eigenvalue weighted by Crippen LogP contribution is -2.16. The number of allylic oxidation sites excluding steroid dienone is 5. The zero-order chi connectivity index (χ0) is 30.8. The van der Waals surface area contributed by atoms with Gasteiger partial charge in [-0.05, 0) is 70.3 Å². The summed E-state index contributed by atoms with van der Waals surface area (Å²) in [5.41, 5.74) is 0. The quantitative estimate of drug-likeness (QED) is 0.0482.